The molecule has 0 aliphatic heterocycles. The average molecular weight is 417 g/mol. The molecule has 2 rings (SSSR count). The van der Waals surface area contributed by atoms with Crippen LogP contribution in [0.2, 0.25) is 0 Å². The lowest BCUT2D eigenvalue weighted by molar-refractivity contribution is -0.384. The summed E-state index contributed by atoms with van der Waals surface area (Å²) >= 11 is 0. The Labute approximate surface area is 161 Å². The second kappa shape index (κ2) is 8.63. The van der Waals surface area contributed by atoms with Gasteiger partial charge in [-0.1, -0.05) is 0 Å². The number of nitro benzene ring substituents is 1. The number of amides is 1. The van der Waals surface area contributed by atoms with E-state index in [2.05, 4.69) is 10.1 Å². The molecule has 0 aromatic heterocycles. The highest BCUT2D eigenvalue weighted by Crippen LogP contribution is 2.33. The number of nitro groups is 1. The predicted octanol–water partition coefficient (Wildman–Crippen LogP) is 3.91. The third-order valence-corrected chi connectivity index (χ3v) is 3.53. The summed E-state index contributed by atoms with van der Waals surface area (Å²) in [5, 5.41) is 13.7. The van der Waals surface area contributed by atoms with Crippen molar-refractivity contribution in [1.82, 2.24) is 0 Å². The summed E-state index contributed by atoms with van der Waals surface area (Å²) in [5.41, 5.74) is 4.77. The van der Waals surface area contributed by atoms with Gasteiger partial charge in [0.1, 0.15) is 29.0 Å². The van der Waals surface area contributed by atoms with E-state index in [1.54, 1.807) is 0 Å². The van der Waals surface area contributed by atoms with Gasteiger partial charge >= 0.3 is 12.5 Å². The standard InChI is InChI=1S/C17H15F4N3O5/c1-9(15(22)25)23-13-8-12(6-7-14(13)24(26)27)28-10-2-4-11(5-3-10)29-17(20,21)16(18)19/h2-9,16,23H,1H3,(H2,22,25). The van der Waals surface area contributed by atoms with Crippen LogP contribution in [0.1, 0.15) is 6.92 Å². The van der Waals surface area contributed by atoms with Crippen LogP contribution >= 0.6 is 0 Å². The van der Waals surface area contributed by atoms with Crippen LogP contribution < -0.4 is 20.5 Å². The van der Waals surface area contributed by atoms with Gasteiger partial charge in [-0.25, -0.2) is 0 Å². The van der Waals surface area contributed by atoms with Gasteiger partial charge in [-0.15, -0.1) is 0 Å². The number of alkyl halides is 4. The number of nitrogens with two attached hydrogens (primary N) is 1. The third kappa shape index (κ3) is 5.70. The number of rotatable bonds is 9. The molecule has 0 heterocycles. The molecule has 12 heteroatoms. The molecule has 0 saturated heterocycles. The summed E-state index contributed by atoms with van der Waals surface area (Å²) in [7, 11) is 0. The Balaban J connectivity index is 2.19. The van der Waals surface area contributed by atoms with Crippen LogP contribution in [0.5, 0.6) is 17.2 Å². The molecule has 0 aliphatic rings. The van der Waals surface area contributed by atoms with E-state index < -0.39 is 35.2 Å². The molecular weight excluding hydrogens is 402 g/mol. The smallest absolute Gasteiger partial charge is 0.457 e. The van der Waals surface area contributed by atoms with Crippen LogP contribution in [0.3, 0.4) is 0 Å². The maximum absolute atomic E-state index is 12.9. The zero-order valence-corrected chi connectivity index (χ0v) is 14.8. The number of anilines is 1. The Kier molecular flexibility index (Phi) is 6.46. The molecular formula is C17H15F4N3O5. The van der Waals surface area contributed by atoms with Crippen LogP contribution in [0.25, 0.3) is 0 Å². The Morgan fingerprint density at radius 2 is 1.69 bits per heavy atom. The van der Waals surface area contributed by atoms with E-state index in [-0.39, 0.29) is 22.9 Å². The first-order chi connectivity index (χ1) is 13.5. The van der Waals surface area contributed by atoms with Gasteiger partial charge in [0, 0.05) is 12.1 Å². The minimum absolute atomic E-state index is 0.0321. The van der Waals surface area contributed by atoms with E-state index in [0.29, 0.717) is 0 Å². The molecule has 2 aromatic carbocycles. The Hall–Kier alpha value is -3.57. The van der Waals surface area contributed by atoms with E-state index >= 15 is 0 Å². The van der Waals surface area contributed by atoms with E-state index in [4.69, 9.17) is 10.5 Å². The van der Waals surface area contributed by atoms with Crippen molar-refractivity contribution < 1.29 is 36.8 Å². The van der Waals surface area contributed by atoms with Gasteiger partial charge in [-0.05, 0) is 37.3 Å². The molecule has 2 aromatic rings. The highest BCUT2D eigenvalue weighted by atomic mass is 19.3. The fourth-order valence-electron chi connectivity index (χ4n) is 2.07. The number of benzene rings is 2. The fourth-order valence-corrected chi connectivity index (χ4v) is 2.07. The summed E-state index contributed by atoms with van der Waals surface area (Å²) in [6, 6.07) is 7.08. The Morgan fingerprint density at radius 1 is 1.14 bits per heavy atom. The highest BCUT2D eigenvalue weighted by Gasteiger charge is 2.43. The zero-order chi connectivity index (χ0) is 21.8. The molecule has 0 saturated carbocycles. The SMILES string of the molecule is CC(Nc1cc(Oc2ccc(OC(F)(F)C(F)F)cc2)ccc1[N+](=O)[O-])C(N)=O. The summed E-state index contributed by atoms with van der Waals surface area (Å²) in [5.74, 6) is -1.02. The molecule has 3 N–H and O–H groups in total. The van der Waals surface area contributed by atoms with Crippen molar-refractivity contribution in [1.29, 1.82) is 0 Å². The fraction of sp³-hybridized carbons (Fsp3) is 0.235. The van der Waals surface area contributed by atoms with Crippen molar-refractivity contribution >= 4 is 17.3 Å². The number of nitrogens with zero attached hydrogens (tertiary/aromatic N) is 1. The molecule has 156 valence electrons. The molecule has 0 bridgehead atoms. The van der Waals surface area contributed by atoms with Crippen LogP contribution in [-0.4, -0.2) is 29.4 Å². The molecule has 0 fully saturated rings. The topological polar surface area (TPSA) is 117 Å². The number of ether oxygens (including phenoxy) is 2. The first-order valence-corrected chi connectivity index (χ1v) is 7.97. The molecule has 0 radical (unpaired) electrons. The maximum atomic E-state index is 12.9. The predicted molar refractivity (Wildman–Crippen MR) is 93.5 cm³/mol. The number of carbonyl (C=O) groups is 1. The minimum Gasteiger partial charge on any atom is -0.457 e. The monoisotopic (exact) mass is 417 g/mol. The summed E-state index contributed by atoms with van der Waals surface area (Å²) in [4.78, 5) is 21.6. The normalized spacial score (nSPS) is 12.3. The van der Waals surface area contributed by atoms with Gasteiger partial charge in [0.2, 0.25) is 5.91 Å². The van der Waals surface area contributed by atoms with Gasteiger partial charge in [-0.2, -0.15) is 17.6 Å². The molecule has 8 nitrogen and oxygen atoms in total. The lowest BCUT2D eigenvalue weighted by Crippen LogP contribution is -2.33. The highest BCUT2D eigenvalue weighted by molar-refractivity contribution is 5.83. The number of carbonyl (C=O) groups excluding carboxylic acids is 1. The van der Waals surface area contributed by atoms with Crippen molar-refractivity contribution in [3.63, 3.8) is 0 Å². The molecule has 1 amide bonds. The largest absolute Gasteiger partial charge is 0.461 e. The summed E-state index contributed by atoms with van der Waals surface area (Å²) in [6.45, 7) is 1.41. The maximum Gasteiger partial charge on any atom is 0.461 e. The van der Waals surface area contributed by atoms with Crippen molar-refractivity contribution in [2.75, 3.05) is 5.32 Å². The lowest BCUT2D eigenvalue weighted by atomic mass is 10.2. The van der Waals surface area contributed by atoms with Gasteiger partial charge in [0.15, 0.2) is 0 Å². The summed E-state index contributed by atoms with van der Waals surface area (Å²) in [6.07, 6.45) is -8.63. The van der Waals surface area contributed by atoms with E-state index in [1.807, 2.05) is 0 Å². The minimum atomic E-state index is -4.64. The number of hydrogen-bond acceptors (Lipinski definition) is 6. The molecule has 1 unspecified atom stereocenters. The Bertz CT molecular complexity index is 893. The van der Waals surface area contributed by atoms with Gasteiger partial charge in [0.05, 0.1) is 4.92 Å². The molecule has 0 aliphatic carbocycles. The van der Waals surface area contributed by atoms with E-state index in [1.165, 1.54) is 31.2 Å². The lowest BCUT2D eigenvalue weighted by Gasteiger charge is -2.17. The first kappa shape index (κ1) is 21.7. The summed E-state index contributed by atoms with van der Waals surface area (Å²) < 4.78 is 59.5. The van der Waals surface area contributed by atoms with Gasteiger partial charge in [0.25, 0.3) is 5.69 Å². The molecule has 29 heavy (non-hydrogen) atoms. The van der Waals surface area contributed by atoms with E-state index in [9.17, 15) is 32.5 Å². The number of hydrogen-bond donors (Lipinski definition) is 2. The van der Waals surface area contributed by atoms with Crippen LogP contribution in [0.4, 0.5) is 28.9 Å². The van der Waals surface area contributed by atoms with Crippen LogP contribution in [-0.2, 0) is 4.79 Å². The van der Waals surface area contributed by atoms with Crippen LogP contribution in [0.15, 0.2) is 42.5 Å². The second-order valence-electron chi connectivity index (χ2n) is 5.74. The van der Waals surface area contributed by atoms with Crippen LogP contribution in [0, 0.1) is 10.1 Å². The average Bonchev–Trinajstić information content (AvgIpc) is 2.62. The third-order valence-electron chi connectivity index (χ3n) is 3.53. The molecule has 0 spiro atoms. The zero-order valence-electron chi connectivity index (χ0n) is 14.8. The first-order valence-electron chi connectivity index (χ1n) is 7.97. The number of halogens is 4. The number of primary amides is 1. The second-order valence-corrected chi connectivity index (χ2v) is 5.74. The van der Waals surface area contributed by atoms with E-state index in [0.717, 1.165) is 18.2 Å². The Morgan fingerprint density at radius 3 is 2.21 bits per heavy atom. The number of nitrogens with one attached hydrogen (secondary N) is 1. The quantitative estimate of drug-likeness (QED) is 0.363. The van der Waals surface area contributed by atoms with Gasteiger partial charge < -0.3 is 20.5 Å². The van der Waals surface area contributed by atoms with Gasteiger partial charge in [-0.3, -0.25) is 14.9 Å². The van der Waals surface area contributed by atoms with Crippen molar-refractivity contribution in [3.05, 3.63) is 52.6 Å². The molecule has 1 atom stereocenters. The van der Waals surface area contributed by atoms with Crippen molar-refractivity contribution in [3.8, 4) is 17.2 Å². The van der Waals surface area contributed by atoms with Crippen molar-refractivity contribution in [2.24, 2.45) is 5.73 Å². The van der Waals surface area contributed by atoms with Crippen molar-refractivity contribution in [2.45, 2.75) is 25.5 Å².